The van der Waals surface area contributed by atoms with E-state index in [1.165, 1.54) is 5.56 Å². The van der Waals surface area contributed by atoms with Gasteiger partial charge in [-0.3, -0.25) is 4.90 Å². The minimum atomic E-state index is -3.48. The maximum absolute atomic E-state index is 12.7. The van der Waals surface area contributed by atoms with Crippen LogP contribution in [0.25, 0.3) is 0 Å². The summed E-state index contributed by atoms with van der Waals surface area (Å²) in [7, 11) is -3.48. The maximum Gasteiger partial charge on any atom is 0.240 e. The fourth-order valence-electron chi connectivity index (χ4n) is 3.34. The molecule has 3 rings (SSSR count). The molecule has 1 atom stereocenters. The van der Waals surface area contributed by atoms with Gasteiger partial charge in [-0.25, -0.2) is 13.1 Å². The molecule has 1 unspecified atom stereocenters. The van der Waals surface area contributed by atoms with Gasteiger partial charge in [0.2, 0.25) is 10.0 Å². The topological polar surface area (TPSA) is 49.4 Å². The third kappa shape index (κ3) is 4.72. The molecule has 5 heteroatoms. The molecule has 1 heterocycles. The fourth-order valence-corrected chi connectivity index (χ4v) is 4.60. The normalized spacial score (nSPS) is 19.0. The number of hydrogen-bond donors (Lipinski definition) is 1. The van der Waals surface area contributed by atoms with Crippen LogP contribution in [0.3, 0.4) is 0 Å². The van der Waals surface area contributed by atoms with E-state index in [0.29, 0.717) is 4.90 Å². The van der Waals surface area contributed by atoms with Gasteiger partial charge in [-0.2, -0.15) is 0 Å². The number of hydrogen-bond acceptors (Lipinski definition) is 3. The Balaban J connectivity index is 1.61. The third-order valence-corrected chi connectivity index (χ3v) is 6.41. The first-order chi connectivity index (χ1) is 12.2. The SMILES string of the molecule is CC(C)(C)c1ccc(S(=O)(=O)NC2CCN(Cc3ccccc3)C2)cc1. The molecule has 140 valence electrons. The molecule has 1 saturated heterocycles. The van der Waals surface area contributed by atoms with Crippen LogP contribution in [0.4, 0.5) is 0 Å². The molecule has 1 N–H and O–H groups in total. The summed E-state index contributed by atoms with van der Waals surface area (Å²) in [5.41, 5.74) is 2.40. The number of rotatable bonds is 5. The van der Waals surface area contributed by atoms with E-state index in [1.54, 1.807) is 12.1 Å². The van der Waals surface area contributed by atoms with E-state index in [-0.39, 0.29) is 11.5 Å². The van der Waals surface area contributed by atoms with Gasteiger partial charge in [0.1, 0.15) is 0 Å². The molecule has 0 amide bonds. The first-order valence-corrected chi connectivity index (χ1v) is 10.6. The van der Waals surface area contributed by atoms with Crippen molar-refractivity contribution in [3.05, 3.63) is 65.7 Å². The monoisotopic (exact) mass is 372 g/mol. The van der Waals surface area contributed by atoms with Crippen molar-refractivity contribution in [3.63, 3.8) is 0 Å². The van der Waals surface area contributed by atoms with Gasteiger partial charge in [0.25, 0.3) is 0 Å². The molecule has 0 bridgehead atoms. The smallest absolute Gasteiger partial charge is 0.240 e. The van der Waals surface area contributed by atoms with E-state index < -0.39 is 10.0 Å². The molecule has 1 aliphatic heterocycles. The zero-order chi connectivity index (χ0) is 18.8. The van der Waals surface area contributed by atoms with E-state index in [2.05, 4.69) is 42.5 Å². The average Bonchev–Trinajstić information content (AvgIpc) is 3.01. The quantitative estimate of drug-likeness (QED) is 0.873. The third-order valence-electron chi connectivity index (χ3n) is 4.87. The molecular formula is C21H28N2O2S. The van der Waals surface area contributed by atoms with Crippen molar-refractivity contribution >= 4 is 10.0 Å². The van der Waals surface area contributed by atoms with Crippen molar-refractivity contribution in [2.45, 2.75) is 50.1 Å². The number of nitrogens with zero attached hydrogens (tertiary/aromatic N) is 1. The molecule has 1 aliphatic rings. The minimum Gasteiger partial charge on any atom is -0.297 e. The standard InChI is InChI=1S/C21H28N2O2S/c1-21(2,3)18-9-11-20(12-10-18)26(24,25)22-19-13-14-23(16-19)15-17-7-5-4-6-8-17/h4-12,19,22H,13-16H2,1-3H3. The number of benzene rings is 2. The molecule has 0 spiro atoms. The van der Waals surface area contributed by atoms with Crippen LogP contribution in [0.5, 0.6) is 0 Å². The molecular weight excluding hydrogens is 344 g/mol. The van der Waals surface area contributed by atoms with Crippen molar-refractivity contribution in [1.82, 2.24) is 9.62 Å². The molecule has 2 aromatic carbocycles. The highest BCUT2D eigenvalue weighted by Crippen LogP contribution is 2.24. The summed E-state index contributed by atoms with van der Waals surface area (Å²) in [6.07, 6.45) is 0.839. The predicted molar refractivity (Wildman–Crippen MR) is 106 cm³/mol. The Morgan fingerprint density at radius 1 is 1.04 bits per heavy atom. The van der Waals surface area contributed by atoms with Crippen LogP contribution in [0.2, 0.25) is 0 Å². The van der Waals surface area contributed by atoms with Gasteiger partial charge in [0.15, 0.2) is 0 Å². The summed E-state index contributed by atoms with van der Waals surface area (Å²) < 4.78 is 28.2. The second kappa shape index (κ2) is 7.51. The Bertz CT molecular complexity index is 825. The van der Waals surface area contributed by atoms with E-state index in [0.717, 1.165) is 31.6 Å². The number of nitrogens with one attached hydrogen (secondary N) is 1. The summed E-state index contributed by atoms with van der Waals surface area (Å²) >= 11 is 0. The molecule has 4 nitrogen and oxygen atoms in total. The van der Waals surface area contributed by atoms with Gasteiger partial charge in [-0.15, -0.1) is 0 Å². The van der Waals surface area contributed by atoms with Crippen molar-refractivity contribution in [3.8, 4) is 0 Å². The van der Waals surface area contributed by atoms with E-state index >= 15 is 0 Å². The highest BCUT2D eigenvalue weighted by atomic mass is 32.2. The fraction of sp³-hybridized carbons (Fsp3) is 0.429. The molecule has 0 aromatic heterocycles. The Morgan fingerprint density at radius 2 is 1.69 bits per heavy atom. The van der Waals surface area contributed by atoms with Crippen LogP contribution >= 0.6 is 0 Å². The largest absolute Gasteiger partial charge is 0.297 e. The molecule has 0 aliphatic carbocycles. The van der Waals surface area contributed by atoms with Gasteiger partial charge in [0, 0.05) is 25.7 Å². The number of sulfonamides is 1. The molecule has 2 aromatic rings. The highest BCUT2D eigenvalue weighted by Gasteiger charge is 2.27. The Labute approximate surface area is 157 Å². The maximum atomic E-state index is 12.7. The highest BCUT2D eigenvalue weighted by molar-refractivity contribution is 7.89. The molecule has 26 heavy (non-hydrogen) atoms. The summed E-state index contributed by atoms with van der Waals surface area (Å²) in [5.74, 6) is 0. The zero-order valence-corrected chi connectivity index (χ0v) is 16.6. The van der Waals surface area contributed by atoms with Crippen LogP contribution in [0.15, 0.2) is 59.5 Å². The van der Waals surface area contributed by atoms with Gasteiger partial charge < -0.3 is 0 Å². The van der Waals surface area contributed by atoms with Gasteiger partial charge in [0.05, 0.1) is 4.90 Å². The summed E-state index contributed by atoms with van der Waals surface area (Å²) in [6, 6.07) is 17.5. The first kappa shape index (κ1) is 19.1. The zero-order valence-electron chi connectivity index (χ0n) is 15.8. The second-order valence-corrected chi connectivity index (χ2v) is 9.82. The van der Waals surface area contributed by atoms with Crippen LogP contribution < -0.4 is 4.72 Å². The Kier molecular flexibility index (Phi) is 5.51. The minimum absolute atomic E-state index is 0.0130. The lowest BCUT2D eigenvalue weighted by atomic mass is 9.87. The first-order valence-electron chi connectivity index (χ1n) is 9.13. The van der Waals surface area contributed by atoms with E-state index in [9.17, 15) is 8.42 Å². The van der Waals surface area contributed by atoms with Crippen LogP contribution in [0, 0.1) is 0 Å². The lowest BCUT2D eigenvalue weighted by molar-refractivity contribution is 0.324. The molecule has 0 saturated carbocycles. The lowest BCUT2D eigenvalue weighted by Gasteiger charge is -2.20. The van der Waals surface area contributed by atoms with Crippen LogP contribution in [0.1, 0.15) is 38.3 Å². The molecule has 0 radical (unpaired) electrons. The van der Waals surface area contributed by atoms with E-state index in [4.69, 9.17) is 0 Å². The van der Waals surface area contributed by atoms with Gasteiger partial charge in [-0.05, 0) is 35.1 Å². The van der Waals surface area contributed by atoms with Gasteiger partial charge in [-0.1, -0.05) is 63.2 Å². The van der Waals surface area contributed by atoms with Crippen LogP contribution in [-0.4, -0.2) is 32.4 Å². The summed E-state index contributed by atoms with van der Waals surface area (Å²) in [6.45, 7) is 8.87. The Hall–Kier alpha value is -1.69. The number of likely N-dealkylation sites (tertiary alicyclic amines) is 1. The van der Waals surface area contributed by atoms with Crippen LogP contribution in [-0.2, 0) is 22.0 Å². The summed E-state index contributed by atoms with van der Waals surface area (Å²) in [5, 5.41) is 0. The molecule has 1 fully saturated rings. The van der Waals surface area contributed by atoms with Gasteiger partial charge >= 0.3 is 0 Å². The van der Waals surface area contributed by atoms with E-state index in [1.807, 2.05) is 30.3 Å². The lowest BCUT2D eigenvalue weighted by Crippen LogP contribution is -2.37. The summed E-state index contributed by atoms with van der Waals surface area (Å²) in [4.78, 5) is 2.64. The van der Waals surface area contributed by atoms with Crippen molar-refractivity contribution in [2.24, 2.45) is 0 Å². The second-order valence-electron chi connectivity index (χ2n) is 8.10. The predicted octanol–water partition coefficient (Wildman–Crippen LogP) is 3.54. The average molecular weight is 373 g/mol. The van der Waals surface area contributed by atoms with Crippen molar-refractivity contribution in [1.29, 1.82) is 0 Å². The van der Waals surface area contributed by atoms with Crippen molar-refractivity contribution in [2.75, 3.05) is 13.1 Å². The van der Waals surface area contributed by atoms with Crippen molar-refractivity contribution < 1.29 is 8.42 Å². The Morgan fingerprint density at radius 3 is 2.31 bits per heavy atom.